The molecule has 0 aromatic rings. The highest BCUT2D eigenvalue weighted by Gasteiger charge is 2.28. The lowest BCUT2D eigenvalue weighted by Crippen LogP contribution is -2.45. The number of nitrogens with one attached hydrogen (secondary N) is 1. The maximum Gasteiger partial charge on any atom is 0.472 e. The van der Waals surface area contributed by atoms with E-state index in [-0.39, 0.29) is 19.1 Å². The van der Waals surface area contributed by atoms with Gasteiger partial charge in [-0.25, -0.2) is 4.57 Å². The monoisotopic (exact) mass is 1200 g/mol. The van der Waals surface area contributed by atoms with Crippen LogP contribution in [0.3, 0.4) is 0 Å². The Hall–Kier alpha value is -1.80. The number of hydrogen-bond donors (Lipinski definition) is 3. The molecule has 9 heteroatoms. The number of nitrogens with zero attached hydrogens (tertiary/aromatic N) is 1. The first-order chi connectivity index (χ1) is 41.0. The van der Waals surface area contributed by atoms with Gasteiger partial charge in [-0.05, 0) is 70.6 Å². The molecule has 3 N–H and O–H groups in total. The van der Waals surface area contributed by atoms with Crippen LogP contribution in [0.5, 0.6) is 0 Å². The van der Waals surface area contributed by atoms with Crippen molar-refractivity contribution < 1.29 is 32.9 Å². The molecule has 0 aromatic heterocycles. The summed E-state index contributed by atoms with van der Waals surface area (Å²) in [5.74, 6) is -0.181. The summed E-state index contributed by atoms with van der Waals surface area (Å²) >= 11 is 0. The van der Waals surface area contributed by atoms with E-state index in [0.717, 1.165) is 51.4 Å². The van der Waals surface area contributed by atoms with E-state index in [0.29, 0.717) is 17.4 Å². The maximum absolute atomic E-state index is 13.1. The molecule has 0 fully saturated rings. The molecule has 0 aliphatic carbocycles. The number of allylic oxidation sites excluding steroid dienone is 9. The Morgan fingerprint density at radius 3 is 1.04 bits per heavy atom. The van der Waals surface area contributed by atoms with E-state index in [9.17, 15) is 19.4 Å². The Morgan fingerprint density at radius 1 is 0.405 bits per heavy atom. The van der Waals surface area contributed by atoms with E-state index in [2.05, 4.69) is 67.8 Å². The predicted octanol–water partition coefficient (Wildman–Crippen LogP) is 23.6. The number of aliphatic hydroxyl groups excluding tert-OH is 1. The van der Waals surface area contributed by atoms with Crippen LogP contribution in [0.1, 0.15) is 361 Å². The molecule has 494 valence electrons. The molecule has 0 rings (SSSR count). The first-order valence-corrected chi connectivity index (χ1v) is 38.2. The minimum atomic E-state index is -4.36. The van der Waals surface area contributed by atoms with Crippen molar-refractivity contribution in [3.05, 3.63) is 60.8 Å². The minimum absolute atomic E-state index is 0.0569. The van der Waals surface area contributed by atoms with Crippen LogP contribution in [-0.2, 0) is 18.4 Å². The number of rotatable bonds is 68. The summed E-state index contributed by atoms with van der Waals surface area (Å²) in [6.45, 7) is 4.83. The summed E-state index contributed by atoms with van der Waals surface area (Å²) in [4.78, 5) is 23.4. The number of carbonyl (C=O) groups excluding carboxylic acids is 1. The average molecular weight is 1200 g/mol. The van der Waals surface area contributed by atoms with Crippen LogP contribution in [0.25, 0.3) is 0 Å². The third kappa shape index (κ3) is 67.7. The fourth-order valence-electron chi connectivity index (χ4n) is 11.0. The molecule has 1 amide bonds. The number of hydrogen-bond acceptors (Lipinski definition) is 5. The fraction of sp³-hybridized carbons (Fsp3) is 0.853. The van der Waals surface area contributed by atoms with Gasteiger partial charge < -0.3 is 19.8 Å². The van der Waals surface area contributed by atoms with Gasteiger partial charge in [-0.1, -0.05) is 344 Å². The van der Waals surface area contributed by atoms with Gasteiger partial charge in [0, 0.05) is 6.42 Å². The Balaban J connectivity index is 4.01. The quantitative estimate of drug-likeness (QED) is 0.0243. The molecule has 0 saturated heterocycles. The summed E-state index contributed by atoms with van der Waals surface area (Å²) in [6, 6.07) is -0.865. The normalized spacial score (nSPS) is 13.9. The average Bonchev–Trinajstić information content (AvgIpc) is 3.56. The third-order valence-corrected chi connectivity index (χ3v) is 17.7. The SMILES string of the molecule is CCCCCCC/C=C\C/C=C\C/C=C\CCCCCCCCCCCCCCCCCCCCCCCCC(=O)NC(COP(=O)(O)OCC[N+](C)(C)C)C(O)/C=C/CC/C=C/CCCCCCCCCCCCCCCCCCCCC. The van der Waals surface area contributed by atoms with Crippen LogP contribution in [0, 0.1) is 0 Å². The molecule has 3 atom stereocenters. The van der Waals surface area contributed by atoms with Gasteiger partial charge >= 0.3 is 7.82 Å². The van der Waals surface area contributed by atoms with Gasteiger partial charge in [-0.3, -0.25) is 13.8 Å². The lowest BCUT2D eigenvalue weighted by atomic mass is 10.0. The van der Waals surface area contributed by atoms with Gasteiger partial charge in [0.1, 0.15) is 13.2 Å². The van der Waals surface area contributed by atoms with Gasteiger partial charge in [0.05, 0.1) is 39.9 Å². The number of carbonyl (C=O) groups is 1. The molecule has 8 nitrogen and oxygen atoms in total. The van der Waals surface area contributed by atoms with Gasteiger partial charge in [0.25, 0.3) is 0 Å². The summed E-state index contributed by atoms with van der Waals surface area (Å²) in [6.07, 6.45) is 91.0. The Morgan fingerprint density at radius 2 is 0.690 bits per heavy atom. The fourth-order valence-corrected chi connectivity index (χ4v) is 11.7. The molecule has 0 saturated carbocycles. The van der Waals surface area contributed by atoms with Crippen LogP contribution in [0.2, 0.25) is 0 Å². The number of phosphoric acid groups is 1. The molecule has 0 aliphatic heterocycles. The predicted molar refractivity (Wildman–Crippen MR) is 369 cm³/mol. The number of amides is 1. The van der Waals surface area contributed by atoms with Crippen molar-refractivity contribution in [1.82, 2.24) is 5.32 Å². The number of quaternary nitrogens is 1. The summed E-state index contributed by atoms with van der Waals surface area (Å²) < 4.78 is 23.8. The van der Waals surface area contributed by atoms with Crippen molar-refractivity contribution in [2.24, 2.45) is 0 Å². The zero-order valence-corrected chi connectivity index (χ0v) is 57.5. The first-order valence-electron chi connectivity index (χ1n) is 36.7. The molecule has 0 aromatic carbocycles. The highest BCUT2D eigenvalue weighted by Crippen LogP contribution is 2.43. The Bertz CT molecular complexity index is 1550. The third-order valence-electron chi connectivity index (χ3n) is 16.7. The standard InChI is InChI=1S/C75H143N2O6P/c1-6-8-10-12-14-16-18-20-22-24-26-28-30-32-33-34-35-36-37-38-39-40-41-42-43-45-47-49-51-53-55-57-59-61-63-65-67-69-75(79)76-73(72-83-84(80,81)82-71-70-77(3,4)5)74(78)68-66-64-62-60-58-56-54-52-50-48-46-44-31-29-27-25-23-21-19-17-15-13-11-9-7-2/h18,20,24,26,30,32,58,60,66,68,73-74,78H,6-17,19,21-23,25,27-29,31,33-57,59,61-65,67,69-72H2,1-5H3,(H-,76,79,80,81)/p+1/b20-18-,26-24-,32-30-,60-58+,68-66+. The molecular weight excluding hydrogens is 1060 g/mol. The van der Waals surface area contributed by atoms with Crippen molar-refractivity contribution in [3.8, 4) is 0 Å². The van der Waals surface area contributed by atoms with Crippen LogP contribution in [-0.4, -0.2) is 73.4 Å². The van der Waals surface area contributed by atoms with E-state index in [4.69, 9.17) is 9.05 Å². The van der Waals surface area contributed by atoms with Crippen LogP contribution in [0.15, 0.2) is 60.8 Å². The van der Waals surface area contributed by atoms with E-state index in [1.165, 1.54) is 289 Å². The number of phosphoric ester groups is 1. The molecule has 3 unspecified atom stereocenters. The van der Waals surface area contributed by atoms with Crippen LogP contribution >= 0.6 is 7.82 Å². The Kier molecular flexibility index (Phi) is 64.2. The smallest absolute Gasteiger partial charge is 0.387 e. The van der Waals surface area contributed by atoms with Crippen molar-refractivity contribution in [3.63, 3.8) is 0 Å². The summed E-state index contributed by atoms with van der Waals surface area (Å²) in [7, 11) is 1.57. The van der Waals surface area contributed by atoms with E-state index < -0.39 is 20.0 Å². The summed E-state index contributed by atoms with van der Waals surface area (Å²) in [5.41, 5.74) is 0. The van der Waals surface area contributed by atoms with E-state index >= 15 is 0 Å². The minimum Gasteiger partial charge on any atom is -0.387 e. The van der Waals surface area contributed by atoms with Gasteiger partial charge in [-0.15, -0.1) is 0 Å². The van der Waals surface area contributed by atoms with E-state index in [1.807, 2.05) is 27.2 Å². The van der Waals surface area contributed by atoms with Gasteiger partial charge in [-0.2, -0.15) is 0 Å². The lowest BCUT2D eigenvalue weighted by molar-refractivity contribution is -0.870. The van der Waals surface area contributed by atoms with E-state index in [1.54, 1.807) is 6.08 Å². The number of aliphatic hydroxyl groups is 1. The maximum atomic E-state index is 13.1. The second-order valence-corrected chi connectivity index (χ2v) is 27.8. The Labute approximate surface area is 523 Å². The lowest BCUT2D eigenvalue weighted by Gasteiger charge is -2.25. The largest absolute Gasteiger partial charge is 0.472 e. The molecule has 0 spiro atoms. The van der Waals surface area contributed by atoms with Gasteiger partial charge in [0.15, 0.2) is 0 Å². The summed E-state index contributed by atoms with van der Waals surface area (Å²) in [5, 5.41) is 14.0. The molecule has 84 heavy (non-hydrogen) atoms. The highest BCUT2D eigenvalue weighted by atomic mass is 31.2. The topological polar surface area (TPSA) is 105 Å². The zero-order valence-electron chi connectivity index (χ0n) is 56.7. The number of likely N-dealkylation sites (N-methyl/N-ethyl adjacent to an activating group) is 1. The van der Waals surface area contributed by atoms with Crippen molar-refractivity contribution in [2.45, 2.75) is 373 Å². The molecule has 0 heterocycles. The highest BCUT2D eigenvalue weighted by molar-refractivity contribution is 7.47. The zero-order chi connectivity index (χ0) is 61.2. The second kappa shape index (κ2) is 65.6. The van der Waals surface area contributed by atoms with Crippen molar-refractivity contribution in [1.29, 1.82) is 0 Å². The van der Waals surface area contributed by atoms with Crippen LogP contribution < -0.4 is 5.32 Å². The van der Waals surface area contributed by atoms with Crippen molar-refractivity contribution in [2.75, 3.05) is 40.9 Å². The molecule has 0 aliphatic rings. The second-order valence-electron chi connectivity index (χ2n) is 26.3. The van der Waals surface area contributed by atoms with Crippen molar-refractivity contribution >= 4 is 13.7 Å². The number of unbranched alkanes of at least 4 members (excludes halogenated alkanes) is 47. The van der Waals surface area contributed by atoms with Crippen LogP contribution in [0.4, 0.5) is 0 Å². The van der Waals surface area contributed by atoms with Gasteiger partial charge in [0.2, 0.25) is 5.91 Å². The first kappa shape index (κ1) is 82.2. The molecular formula is C75H144N2O6P+. The molecule has 0 radical (unpaired) electrons. The molecule has 0 bridgehead atoms.